The van der Waals surface area contributed by atoms with Gasteiger partial charge in [-0.1, -0.05) is 0 Å². The summed E-state index contributed by atoms with van der Waals surface area (Å²) in [6.45, 7) is 0.0139. The second-order valence-electron chi connectivity index (χ2n) is 3.31. The molecule has 1 aromatic heterocycles. The van der Waals surface area contributed by atoms with Gasteiger partial charge in [-0.2, -0.15) is 0 Å². The predicted molar refractivity (Wildman–Crippen MR) is 57.2 cm³/mol. The Morgan fingerprint density at radius 1 is 1.59 bits per heavy atom. The highest BCUT2D eigenvalue weighted by Gasteiger charge is 2.19. The number of alkyl halides is 2. The van der Waals surface area contributed by atoms with Gasteiger partial charge >= 0.3 is 5.97 Å². The average Bonchev–Trinajstić information content (AvgIpc) is 2.30. The normalized spacial score (nSPS) is 10.6. The molecule has 0 aromatic carbocycles. The van der Waals surface area contributed by atoms with E-state index in [9.17, 15) is 13.6 Å². The smallest absolute Gasteiger partial charge is 0.310 e. The van der Waals surface area contributed by atoms with Crippen molar-refractivity contribution in [1.82, 2.24) is 4.98 Å². The van der Waals surface area contributed by atoms with Crippen LogP contribution in [-0.2, 0) is 22.5 Å². The van der Waals surface area contributed by atoms with E-state index in [0.29, 0.717) is 5.69 Å². The summed E-state index contributed by atoms with van der Waals surface area (Å²) in [4.78, 5) is 14.9. The Morgan fingerprint density at radius 3 is 2.71 bits per heavy atom. The number of ether oxygens (including phenoxy) is 1. The molecule has 0 atom stereocenters. The lowest BCUT2D eigenvalue weighted by atomic mass is 10.0. The van der Waals surface area contributed by atoms with Gasteiger partial charge in [-0.25, -0.2) is 8.78 Å². The maximum absolute atomic E-state index is 12.6. The minimum atomic E-state index is -2.74. The van der Waals surface area contributed by atoms with Crippen molar-refractivity contribution < 1.29 is 18.3 Å². The Balaban J connectivity index is 3.22. The van der Waals surface area contributed by atoms with Crippen molar-refractivity contribution in [1.29, 1.82) is 0 Å². The number of rotatable bonds is 4. The molecule has 0 aliphatic rings. The minimum Gasteiger partial charge on any atom is -0.469 e. The van der Waals surface area contributed by atoms with Crippen molar-refractivity contribution in [2.24, 2.45) is 5.73 Å². The number of halogens is 2. The molecule has 5 nitrogen and oxygen atoms in total. The molecular formula is C10H13F2N3O2. The number of hydrogen-bond acceptors (Lipinski definition) is 5. The van der Waals surface area contributed by atoms with Crippen LogP contribution in [0.5, 0.6) is 0 Å². The van der Waals surface area contributed by atoms with Gasteiger partial charge in [-0.15, -0.1) is 0 Å². The number of methoxy groups -OCH3 is 1. The lowest BCUT2D eigenvalue weighted by molar-refractivity contribution is -0.139. The fourth-order valence-electron chi connectivity index (χ4n) is 1.39. The van der Waals surface area contributed by atoms with Crippen molar-refractivity contribution in [2.75, 3.05) is 12.8 Å². The van der Waals surface area contributed by atoms with Crippen LogP contribution in [0, 0.1) is 0 Å². The van der Waals surface area contributed by atoms with Gasteiger partial charge in [0.15, 0.2) is 0 Å². The molecule has 17 heavy (non-hydrogen) atoms. The molecule has 0 amide bonds. The summed E-state index contributed by atoms with van der Waals surface area (Å²) >= 11 is 0. The number of anilines is 1. The first-order chi connectivity index (χ1) is 8.01. The van der Waals surface area contributed by atoms with Gasteiger partial charge in [0.1, 0.15) is 0 Å². The monoisotopic (exact) mass is 245 g/mol. The number of carbonyl (C=O) groups excluding carboxylic acids is 1. The number of aromatic nitrogens is 1. The molecule has 0 saturated heterocycles. The van der Waals surface area contributed by atoms with Crippen molar-refractivity contribution in [2.45, 2.75) is 19.4 Å². The number of carbonyl (C=O) groups is 1. The first-order valence-corrected chi connectivity index (χ1v) is 4.82. The molecule has 0 fully saturated rings. The molecule has 0 spiro atoms. The van der Waals surface area contributed by atoms with E-state index in [0.717, 1.165) is 6.20 Å². The molecule has 94 valence electrons. The molecule has 7 heteroatoms. The van der Waals surface area contributed by atoms with E-state index >= 15 is 0 Å². The maximum atomic E-state index is 12.6. The second kappa shape index (κ2) is 5.53. The van der Waals surface area contributed by atoms with Crippen molar-refractivity contribution >= 4 is 11.7 Å². The van der Waals surface area contributed by atoms with Crippen LogP contribution in [0.4, 0.5) is 14.5 Å². The molecule has 1 rings (SSSR count). The second-order valence-corrected chi connectivity index (χ2v) is 3.31. The highest BCUT2D eigenvalue weighted by Crippen LogP contribution is 2.28. The quantitative estimate of drug-likeness (QED) is 0.765. The van der Waals surface area contributed by atoms with E-state index in [1.165, 1.54) is 7.11 Å². The highest BCUT2D eigenvalue weighted by atomic mass is 19.3. The molecule has 0 bridgehead atoms. The highest BCUT2D eigenvalue weighted by molar-refractivity contribution is 5.76. The van der Waals surface area contributed by atoms with Crippen molar-refractivity contribution in [3.05, 3.63) is 23.0 Å². The predicted octanol–water partition coefficient (Wildman–Crippen LogP) is 0.776. The molecule has 0 aliphatic carbocycles. The Hall–Kier alpha value is -1.76. The summed E-state index contributed by atoms with van der Waals surface area (Å²) in [6.07, 6.45) is -1.99. The maximum Gasteiger partial charge on any atom is 0.310 e. The van der Waals surface area contributed by atoms with E-state index in [1.54, 1.807) is 0 Å². The molecule has 1 aromatic rings. The first-order valence-electron chi connectivity index (χ1n) is 4.82. The Bertz CT molecular complexity index is 424. The van der Waals surface area contributed by atoms with Crippen molar-refractivity contribution in [3.63, 3.8) is 0 Å². The van der Waals surface area contributed by atoms with Gasteiger partial charge in [0.2, 0.25) is 0 Å². The third kappa shape index (κ3) is 2.88. The lowest BCUT2D eigenvalue weighted by Gasteiger charge is -2.13. The van der Waals surface area contributed by atoms with Crippen LogP contribution in [0.3, 0.4) is 0 Å². The zero-order valence-corrected chi connectivity index (χ0v) is 9.24. The third-order valence-corrected chi connectivity index (χ3v) is 2.32. The molecule has 0 unspecified atom stereocenters. The number of esters is 1. The zero-order chi connectivity index (χ0) is 13.0. The van der Waals surface area contributed by atoms with Gasteiger partial charge in [-0.05, 0) is 0 Å². The van der Waals surface area contributed by atoms with Crippen molar-refractivity contribution in [3.8, 4) is 0 Å². The molecule has 0 saturated carbocycles. The third-order valence-electron chi connectivity index (χ3n) is 2.32. The molecule has 4 N–H and O–H groups in total. The summed E-state index contributed by atoms with van der Waals surface area (Å²) in [5.41, 5.74) is 11.0. The fourth-order valence-corrected chi connectivity index (χ4v) is 1.39. The summed E-state index contributed by atoms with van der Waals surface area (Å²) in [7, 11) is 1.20. The number of nitrogen functional groups attached to an aromatic ring is 1. The van der Waals surface area contributed by atoms with E-state index < -0.39 is 18.0 Å². The molecule has 1 heterocycles. The van der Waals surface area contributed by atoms with Crippen LogP contribution in [0.25, 0.3) is 0 Å². The van der Waals surface area contributed by atoms with Gasteiger partial charge < -0.3 is 16.2 Å². The van der Waals surface area contributed by atoms with E-state index in [1.807, 2.05) is 0 Å². The van der Waals surface area contributed by atoms with Gasteiger partial charge in [0.25, 0.3) is 6.43 Å². The van der Waals surface area contributed by atoms with E-state index in [-0.39, 0.29) is 24.2 Å². The topological polar surface area (TPSA) is 91.2 Å². The van der Waals surface area contributed by atoms with Gasteiger partial charge in [-0.3, -0.25) is 9.78 Å². The summed E-state index contributed by atoms with van der Waals surface area (Å²) in [5, 5.41) is 0. The van der Waals surface area contributed by atoms with Crippen LogP contribution in [0.1, 0.15) is 23.2 Å². The minimum absolute atomic E-state index is 0.0139. The lowest BCUT2D eigenvalue weighted by Crippen LogP contribution is -2.15. The number of hydrogen-bond donors (Lipinski definition) is 2. The van der Waals surface area contributed by atoms with Crippen LogP contribution >= 0.6 is 0 Å². The molecule has 0 aliphatic heterocycles. The SMILES string of the molecule is COC(=O)Cc1c(CN)ncc(C(F)F)c1N. The summed E-state index contributed by atoms with van der Waals surface area (Å²) < 4.78 is 29.6. The zero-order valence-electron chi connectivity index (χ0n) is 9.24. The summed E-state index contributed by atoms with van der Waals surface area (Å²) in [5.74, 6) is -0.584. The largest absolute Gasteiger partial charge is 0.469 e. The average molecular weight is 245 g/mol. The molecule has 0 radical (unpaired) electrons. The van der Waals surface area contributed by atoms with Gasteiger partial charge in [0.05, 0.1) is 24.8 Å². The fraction of sp³-hybridized carbons (Fsp3) is 0.400. The summed E-state index contributed by atoms with van der Waals surface area (Å²) in [6, 6.07) is 0. The number of nitrogens with zero attached hydrogens (tertiary/aromatic N) is 1. The number of pyridine rings is 1. The van der Waals surface area contributed by atoms with Crippen LogP contribution in [-0.4, -0.2) is 18.1 Å². The standard InChI is InChI=1S/C10H13F2N3O2/c1-17-8(16)2-5-7(3-13)15-4-6(9(5)14)10(11)12/h4,10H,2-3,13H2,1H3,(H2,14,15). The molecular weight excluding hydrogens is 232 g/mol. The Labute approximate surface area is 96.8 Å². The Morgan fingerprint density at radius 2 is 2.24 bits per heavy atom. The van der Waals surface area contributed by atoms with Crippen LogP contribution < -0.4 is 11.5 Å². The first kappa shape index (κ1) is 13.3. The number of nitrogens with two attached hydrogens (primary N) is 2. The van der Waals surface area contributed by atoms with Crippen LogP contribution in [0.2, 0.25) is 0 Å². The van der Waals surface area contributed by atoms with E-state index in [4.69, 9.17) is 11.5 Å². The van der Waals surface area contributed by atoms with Gasteiger partial charge in [0, 0.05) is 24.0 Å². The van der Waals surface area contributed by atoms with Crippen LogP contribution in [0.15, 0.2) is 6.20 Å². The van der Waals surface area contributed by atoms with E-state index in [2.05, 4.69) is 9.72 Å². The Kier molecular flexibility index (Phi) is 4.33.